The SMILES string of the molecule is CCOc1cccc(CNc2nc(-c3ccccn3)nc(C)c2C)c1. The molecule has 1 aromatic carbocycles. The highest BCUT2D eigenvalue weighted by molar-refractivity contribution is 5.56. The van der Waals surface area contributed by atoms with E-state index in [1.807, 2.05) is 57.2 Å². The second-order valence-electron chi connectivity index (χ2n) is 5.76. The fourth-order valence-corrected chi connectivity index (χ4v) is 2.51. The fraction of sp³-hybridized carbons (Fsp3) is 0.250. The van der Waals surface area contributed by atoms with E-state index in [4.69, 9.17) is 4.74 Å². The van der Waals surface area contributed by atoms with Crippen LogP contribution in [0.2, 0.25) is 0 Å². The Kier molecular flexibility index (Phi) is 5.23. The first-order chi connectivity index (χ1) is 12.2. The zero-order chi connectivity index (χ0) is 17.6. The van der Waals surface area contributed by atoms with Gasteiger partial charge < -0.3 is 10.1 Å². The highest BCUT2D eigenvalue weighted by Gasteiger charge is 2.10. The second-order valence-corrected chi connectivity index (χ2v) is 5.76. The lowest BCUT2D eigenvalue weighted by Gasteiger charge is -2.13. The summed E-state index contributed by atoms with van der Waals surface area (Å²) in [6.07, 6.45) is 1.75. The van der Waals surface area contributed by atoms with Gasteiger partial charge in [0.2, 0.25) is 0 Å². The highest BCUT2D eigenvalue weighted by atomic mass is 16.5. The standard InChI is InChI=1S/C20H22N4O/c1-4-25-17-9-7-8-16(12-17)13-22-19-14(2)15(3)23-20(24-19)18-10-5-6-11-21-18/h5-12H,4,13H2,1-3H3,(H,22,23,24). The Morgan fingerprint density at radius 2 is 1.92 bits per heavy atom. The monoisotopic (exact) mass is 334 g/mol. The molecule has 2 aromatic heterocycles. The van der Waals surface area contributed by atoms with Gasteiger partial charge in [-0.25, -0.2) is 9.97 Å². The predicted molar refractivity (Wildman–Crippen MR) is 99.7 cm³/mol. The summed E-state index contributed by atoms with van der Waals surface area (Å²) in [5.74, 6) is 2.34. The zero-order valence-corrected chi connectivity index (χ0v) is 14.8. The highest BCUT2D eigenvalue weighted by Crippen LogP contribution is 2.21. The van der Waals surface area contributed by atoms with Gasteiger partial charge in [0.25, 0.3) is 0 Å². The lowest BCUT2D eigenvalue weighted by molar-refractivity contribution is 0.340. The summed E-state index contributed by atoms with van der Waals surface area (Å²) in [6, 6.07) is 13.8. The van der Waals surface area contributed by atoms with Crippen LogP contribution in [0.3, 0.4) is 0 Å². The number of benzene rings is 1. The Morgan fingerprint density at radius 1 is 1.04 bits per heavy atom. The van der Waals surface area contributed by atoms with Crippen molar-refractivity contribution in [2.75, 3.05) is 11.9 Å². The number of hydrogen-bond donors (Lipinski definition) is 1. The normalized spacial score (nSPS) is 10.5. The van der Waals surface area contributed by atoms with Crippen LogP contribution in [0, 0.1) is 13.8 Å². The minimum atomic E-state index is 0.634. The molecule has 0 unspecified atom stereocenters. The van der Waals surface area contributed by atoms with Crippen LogP contribution in [-0.4, -0.2) is 21.6 Å². The topological polar surface area (TPSA) is 59.9 Å². The first-order valence-electron chi connectivity index (χ1n) is 8.39. The van der Waals surface area contributed by atoms with Crippen LogP contribution in [0.5, 0.6) is 5.75 Å². The van der Waals surface area contributed by atoms with Crippen LogP contribution in [-0.2, 0) is 6.54 Å². The molecule has 0 amide bonds. The third-order valence-electron chi connectivity index (χ3n) is 3.95. The van der Waals surface area contributed by atoms with Crippen molar-refractivity contribution in [1.82, 2.24) is 15.0 Å². The summed E-state index contributed by atoms with van der Waals surface area (Å²) < 4.78 is 5.56. The van der Waals surface area contributed by atoms with Gasteiger partial charge in [0.05, 0.1) is 6.61 Å². The molecular formula is C20H22N4O. The van der Waals surface area contributed by atoms with E-state index in [0.29, 0.717) is 19.0 Å². The van der Waals surface area contributed by atoms with E-state index in [-0.39, 0.29) is 0 Å². The summed E-state index contributed by atoms with van der Waals surface area (Å²) in [5, 5.41) is 3.42. The molecule has 0 radical (unpaired) electrons. The zero-order valence-electron chi connectivity index (χ0n) is 14.8. The number of ether oxygens (including phenoxy) is 1. The minimum Gasteiger partial charge on any atom is -0.494 e. The van der Waals surface area contributed by atoms with Gasteiger partial charge in [-0.3, -0.25) is 4.98 Å². The smallest absolute Gasteiger partial charge is 0.180 e. The maximum atomic E-state index is 5.56. The third kappa shape index (κ3) is 4.12. The molecule has 0 aliphatic heterocycles. The number of pyridine rings is 1. The maximum Gasteiger partial charge on any atom is 0.180 e. The van der Waals surface area contributed by atoms with Crippen LogP contribution < -0.4 is 10.1 Å². The molecule has 5 heteroatoms. The van der Waals surface area contributed by atoms with Gasteiger partial charge in [-0.1, -0.05) is 18.2 Å². The van der Waals surface area contributed by atoms with Gasteiger partial charge in [0.1, 0.15) is 17.3 Å². The molecule has 0 bridgehead atoms. The third-order valence-corrected chi connectivity index (χ3v) is 3.95. The Labute approximate surface area is 148 Å². The summed E-state index contributed by atoms with van der Waals surface area (Å²) in [4.78, 5) is 13.6. The number of rotatable bonds is 6. The molecule has 25 heavy (non-hydrogen) atoms. The lowest BCUT2D eigenvalue weighted by atomic mass is 10.2. The molecule has 128 valence electrons. The molecule has 0 saturated carbocycles. The van der Waals surface area contributed by atoms with Crippen LogP contribution in [0.1, 0.15) is 23.7 Å². The Bertz CT molecular complexity index is 850. The van der Waals surface area contributed by atoms with Crippen LogP contribution in [0.15, 0.2) is 48.7 Å². The van der Waals surface area contributed by atoms with Crippen molar-refractivity contribution in [2.45, 2.75) is 27.3 Å². The first kappa shape index (κ1) is 16.9. The Morgan fingerprint density at radius 3 is 2.68 bits per heavy atom. The number of nitrogens with one attached hydrogen (secondary N) is 1. The van der Waals surface area contributed by atoms with Gasteiger partial charge >= 0.3 is 0 Å². The summed E-state index contributed by atoms with van der Waals surface area (Å²) >= 11 is 0. The minimum absolute atomic E-state index is 0.634. The van der Waals surface area contributed by atoms with E-state index in [9.17, 15) is 0 Å². The van der Waals surface area contributed by atoms with Crippen molar-refractivity contribution >= 4 is 5.82 Å². The predicted octanol–water partition coefficient (Wildman–Crippen LogP) is 4.17. The molecule has 0 fully saturated rings. The maximum absolute atomic E-state index is 5.56. The van der Waals surface area contributed by atoms with Crippen molar-refractivity contribution in [3.63, 3.8) is 0 Å². The van der Waals surface area contributed by atoms with E-state index in [2.05, 4.69) is 26.3 Å². The molecular weight excluding hydrogens is 312 g/mol. The second kappa shape index (κ2) is 7.75. The van der Waals surface area contributed by atoms with E-state index >= 15 is 0 Å². The molecule has 0 aliphatic rings. The Hall–Kier alpha value is -2.95. The average Bonchev–Trinajstić information content (AvgIpc) is 2.64. The lowest BCUT2D eigenvalue weighted by Crippen LogP contribution is -2.07. The molecule has 0 atom stereocenters. The largest absolute Gasteiger partial charge is 0.494 e. The van der Waals surface area contributed by atoms with Crippen molar-refractivity contribution in [3.8, 4) is 17.3 Å². The van der Waals surface area contributed by atoms with E-state index in [1.165, 1.54) is 0 Å². The van der Waals surface area contributed by atoms with E-state index in [0.717, 1.165) is 34.1 Å². The number of nitrogens with zero attached hydrogens (tertiary/aromatic N) is 3. The van der Waals surface area contributed by atoms with Gasteiger partial charge in [-0.2, -0.15) is 0 Å². The van der Waals surface area contributed by atoms with Crippen molar-refractivity contribution in [1.29, 1.82) is 0 Å². The summed E-state index contributed by atoms with van der Waals surface area (Å²) in [7, 11) is 0. The van der Waals surface area contributed by atoms with E-state index in [1.54, 1.807) is 6.20 Å². The van der Waals surface area contributed by atoms with Gasteiger partial charge in [0.15, 0.2) is 5.82 Å². The summed E-state index contributed by atoms with van der Waals surface area (Å²) in [5.41, 5.74) is 3.90. The van der Waals surface area contributed by atoms with Crippen molar-refractivity contribution < 1.29 is 4.74 Å². The van der Waals surface area contributed by atoms with Crippen molar-refractivity contribution in [2.24, 2.45) is 0 Å². The molecule has 3 rings (SSSR count). The van der Waals surface area contributed by atoms with Gasteiger partial charge in [0, 0.05) is 24.0 Å². The Balaban J connectivity index is 1.82. The van der Waals surface area contributed by atoms with Crippen molar-refractivity contribution in [3.05, 3.63) is 65.5 Å². The molecule has 2 heterocycles. The fourth-order valence-electron chi connectivity index (χ4n) is 2.51. The van der Waals surface area contributed by atoms with Crippen LogP contribution in [0.4, 0.5) is 5.82 Å². The molecule has 3 aromatic rings. The summed E-state index contributed by atoms with van der Waals surface area (Å²) in [6.45, 7) is 7.33. The number of aryl methyl sites for hydroxylation is 1. The van der Waals surface area contributed by atoms with Gasteiger partial charge in [-0.05, 0) is 50.6 Å². The molecule has 1 N–H and O–H groups in total. The van der Waals surface area contributed by atoms with Gasteiger partial charge in [-0.15, -0.1) is 0 Å². The number of aromatic nitrogens is 3. The molecule has 5 nitrogen and oxygen atoms in total. The van der Waals surface area contributed by atoms with E-state index < -0.39 is 0 Å². The average molecular weight is 334 g/mol. The van der Waals surface area contributed by atoms with Crippen LogP contribution >= 0.6 is 0 Å². The molecule has 0 aliphatic carbocycles. The molecule has 0 saturated heterocycles. The number of hydrogen-bond acceptors (Lipinski definition) is 5. The number of anilines is 1. The molecule has 0 spiro atoms. The van der Waals surface area contributed by atoms with Crippen LogP contribution in [0.25, 0.3) is 11.5 Å². The quantitative estimate of drug-likeness (QED) is 0.733. The first-order valence-corrected chi connectivity index (χ1v) is 8.39.